The van der Waals surface area contributed by atoms with Crippen molar-refractivity contribution in [1.82, 2.24) is 0 Å². The van der Waals surface area contributed by atoms with Gasteiger partial charge in [-0.25, -0.2) is 0 Å². The van der Waals surface area contributed by atoms with Crippen LogP contribution in [-0.4, -0.2) is 39.3 Å². The van der Waals surface area contributed by atoms with Crippen molar-refractivity contribution in [2.45, 2.75) is 91.5 Å². The van der Waals surface area contributed by atoms with Crippen LogP contribution in [0, 0.1) is 0 Å². The predicted octanol–water partition coefficient (Wildman–Crippen LogP) is 5.86. The van der Waals surface area contributed by atoms with E-state index >= 15 is 0 Å². The Kier molecular flexibility index (Phi) is 11.8. The lowest BCUT2D eigenvalue weighted by Crippen LogP contribution is -2.41. The van der Waals surface area contributed by atoms with E-state index in [0.29, 0.717) is 13.2 Å². The van der Waals surface area contributed by atoms with Gasteiger partial charge in [0.05, 0.1) is 19.3 Å². The molecule has 25 heavy (non-hydrogen) atoms. The highest BCUT2D eigenvalue weighted by atomic mass is 28.4. The van der Waals surface area contributed by atoms with Crippen LogP contribution in [0.25, 0.3) is 0 Å². The SMILES string of the molecule is CC(C)=CCC/C(C)=C/COCC(O)CCCO[Si](C)(C)C(C)(C)C. The summed E-state index contributed by atoms with van der Waals surface area (Å²) in [6, 6.07) is 0. The van der Waals surface area contributed by atoms with Gasteiger partial charge in [-0.15, -0.1) is 0 Å². The molecule has 4 heteroatoms. The maximum absolute atomic E-state index is 10.0. The van der Waals surface area contributed by atoms with E-state index in [1.165, 1.54) is 11.1 Å². The Labute approximate surface area is 157 Å². The standard InChI is InChI=1S/C21H42O3Si/c1-18(2)11-9-12-19(3)14-16-23-17-20(22)13-10-15-24-25(7,8)21(4,5)6/h11,14,20,22H,9-10,12-13,15-17H2,1-8H3/b19-14+. The molecule has 0 rings (SSSR count). The Bertz CT molecular complexity index is 415. The number of aliphatic hydroxyl groups excluding tert-OH is 1. The fraction of sp³-hybridized carbons (Fsp3) is 0.810. The maximum atomic E-state index is 10.0. The van der Waals surface area contributed by atoms with Crippen LogP contribution in [0.15, 0.2) is 23.3 Å². The second-order valence-electron chi connectivity index (χ2n) is 8.81. The maximum Gasteiger partial charge on any atom is 0.191 e. The number of rotatable bonds is 12. The smallest absolute Gasteiger partial charge is 0.191 e. The van der Waals surface area contributed by atoms with Crippen molar-refractivity contribution in [2.24, 2.45) is 0 Å². The van der Waals surface area contributed by atoms with Crippen molar-refractivity contribution in [1.29, 1.82) is 0 Å². The summed E-state index contributed by atoms with van der Waals surface area (Å²) in [5, 5.41) is 10.2. The van der Waals surface area contributed by atoms with Gasteiger partial charge in [-0.1, -0.05) is 44.1 Å². The summed E-state index contributed by atoms with van der Waals surface area (Å²) in [5.74, 6) is 0. The molecule has 1 unspecified atom stereocenters. The van der Waals surface area contributed by atoms with E-state index in [1.807, 2.05) is 0 Å². The average Bonchev–Trinajstić information content (AvgIpc) is 2.46. The number of hydrogen-bond acceptors (Lipinski definition) is 3. The minimum absolute atomic E-state index is 0.241. The molecule has 1 atom stereocenters. The van der Waals surface area contributed by atoms with Crippen molar-refractivity contribution in [2.75, 3.05) is 19.8 Å². The summed E-state index contributed by atoms with van der Waals surface area (Å²) in [4.78, 5) is 0. The van der Waals surface area contributed by atoms with Crippen molar-refractivity contribution < 1.29 is 14.3 Å². The number of aliphatic hydroxyl groups is 1. The van der Waals surface area contributed by atoms with Gasteiger partial charge in [0.2, 0.25) is 0 Å². The first-order chi connectivity index (χ1) is 11.5. The van der Waals surface area contributed by atoms with Gasteiger partial charge >= 0.3 is 0 Å². The monoisotopic (exact) mass is 370 g/mol. The van der Waals surface area contributed by atoms with Crippen LogP contribution in [0.2, 0.25) is 18.1 Å². The van der Waals surface area contributed by atoms with E-state index in [4.69, 9.17) is 9.16 Å². The normalized spacial score (nSPS) is 14.5. The molecule has 0 spiro atoms. The molecule has 0 heterocycles. The van der Waals surface area contributed by atoms with Gasteiger partial charge in [0.25, 0.3) is 0 Å². The zero-order valence-corrected chi connectivity index (χ0v) is 18.9. The van der Waals surface area contributed by atoms with Crippen LogP contribution < -0.4 is 0 Å². The molecule has 0 amide bonds. The third-order valence-corrected chi connectivity index (χ3v) is 9.44. The Morgan fingerprint density at radius 2 is 1.76 bits per heavy atom. The van der Waals surface area contributed by atoms with Gasteiger partial charge in [0, 0.05) is 6.61 Å². The number of hydrogen-bond donors (Lipinski definition) is 1. The van der Waals surface area contributed by atoms with Crippen LogP contribution >= 0.6 is 0 Å². The third kappa shape index (κ3) is 12.5. The van der Waals surface area contributed by atoms with E-state index in [-0.39, 0.29) is 5.04 Å². The molecule has 148 valence electrons. The molecule has 0 fully saturated rings. The topological polar surface area (TPSA) is 38.7 Å². The Morgan fingerprint density at radius 3 is 2.32 bits per heavy atom. The van der Waals surface area contributed by atoms with Gasteiger partial charge in [-0.2, -0.15) is 0 Å². The molecule has 0 bridgehead atoms. The van der Waals surface area contributed by atoms with Crippen molar-refractivity contribution in [3.63, 3.8) is 0 Å². The zero-order chi connectivity index (χ0) is 19.5. The van der Waals surface area contributed by atoms with E-state index in [2.05, 4.69) is 66.8 Å². The lowest BCUT2D eigenvalue weighted by molar-refractivity contribution is 0.0408. The summed E-state index contributed by atoms with van der Waals surface area (Å²) < 4.78 is 11.7. The van der Waals surface area contributed by atoms with Crippen molar-refractivity contribution in [3.05, 3.63) is 23.3 Å². The molecule has 0 radical (unpaired) electrons. The van der Waals surface area contributed by atoms with Crippen LogP contribution in [-0.2, 0) is 9.16 Å². The molecule has 3 nitrogen and oxygen atoms in total. The van der Waals surface area contributed by atoms with Gasteiger partial charge < -0.3 is 14.3 Å². The lowest BCUT2D eigenvalue weighted by atomic mass is 10.1. The summed E-state index contributed by atoms with van der Waals surface area (Å²) in [7, 11) is -1.66. The van der Waals surface area contributed by atoms with Gasteiger partial charge in [0.15, 0.2) is 8.32 Å². The third-order valence-electron chi connectivity index (χ3n) is 4.90. The van der Waals surface area contributed by atoms with E-state index < -0.39 is 14.4 Å². The first-order valence-corrected chi connectivity index (χ1v) is 12.6. The first-order valence-electron chi connectivity index (χ1n) is 9.64. The molecule has 0 aromatic carbocycles. The van der Waals surface area contributed by atoms with Gasteiger partial charge in [-0.05, 0) is 64.6 Å². The Morgan fingerprint density at radius 1 is 1.12 bits per heavy atom. The van der Waals surface area contributed by atoms with Crippen LogP contribution in [0.1, 0.15) is 67.2 Å². The van der Waals surface area contributed by atoms with E-state index in [1.54, 1.807) is 0 Å². The average molecular weight is 371 g/mol. The van der Waals surface area contributed by atoms with Crippen LogP contribution in [0.4, 0.5) is 0 Å². The fourth-order valence-electron chi connectivity index (χ4n) is 2.04. The summed E-state index contributed by atoms with van der Waals surface area (Å²) in [5.41, 5.74) is 2.71. The van der Waals surface area contributed by atoms with Gasteiger partial charge in [-0.3, -0.25) is 0 Å². The highest BCUT2D eigenvalue weighted by Crippen LogP contribution is 2.36. The molecule has 0 saturated carbocycles. The molecular formula is C21H42O3Si. The molecular weight excluding hydrogens is 328 g/mol. The van der Waals surface area contributed by atoms with Crippen molar-refractivity contribution >= 4 is 8.32 Å². The first kappa shape index (κ1) is 24.6. The fourth-order valence-corrected chi connectivity index (χ4v) is 3.13. The molecule has 0 saturated heterocycles. The van der Waals surface area contributed by atoms with Gasteiger partial charge in [0.1, 0.15) is 0 Å². The quantitative estimate of drug-likeness (QED) is 0.266. The highest BCUT2D eigenvalue weighted by Gasteiger charge is 2.36. The molecule has 1 N–H and O–H groups in total. The summed E-state index contributed by atoms with van der Waals surface area (Å²) in [6.07, 6.45) is 7.75. The highest BCUT2D eigenvalue weighted by molar-refractivity contribution is 6.74. The van der Waals surface area contributed by atoms with E-state index in [0.717, 1.165) is 32.3 Å². The second-order valence-corrected chi connectivity index (χ2v) is 13.6. The number of allylic oxidation sites excluding steroid dienone is 3. The van der Waals surface area contributed by atoms with Crippen LogP contribution in [0.3, 0.4) is 0 Å². The summed E-state index contributed by atoms with van der Waals surface area (Å²) >= 11 is 0. The minimum atomic E-state index is -1.66. The second kappa shape index (κ2) is 12.1. The Hall–Kier alpha value is -0.423. The molecule has 0 aromatic heterocycles. The van der Waals surface area contributed by atoms with Crippen molar-refractivity contribution in [3.8, 4) is 0 Å². The molecule has 0 aromatic rings. The van der Waals surface area contributed by atoms with E-state index in [9.17, 15) is 5.11 Å². The largest absolute Gasteiger partial charge is 0.417 e. The minimum Gasteiger partial charge on any atom is -0.417 e. The molecule has 0 aliphatic heterocycles. The van der Waals surface area contributed by atoms with Crippen LogP contribution in [0.5, 0.6) is 0 Å². The Balaban J connectivity index is 3.81. The summed E-state index contributed by atoms with van der Waals surface area (Å²) in [6.45, 7) is 19.4. The predicted molar refractivity (Wildman–Crippen MR) is 112 cm³/mol. The molecule has 0 aliphatic carbocycles. The molecule has 0 aliphatic rings. The zero-order valence-electron chi connectivity index (χ0n) is 17.9. The lowest BCUT2D eigenvalue weighted by Gasteiger charge is -2.36. The number of ether oxygens (including phenoxy) is 1.